The van der Waals surface area contributed by atoms with Crippen LogP contribution in [0.25, 0.3) is 0 Å². The van der Waals surface area contributed by atoms with Gasteiger partial charge >= 0.3 is 0 Å². The molecule has 0 atom stereocenters. The third-order valence-corrected chi connectivity index (χ3v) is 2.20. The Bertz CT molecular complexity index is 368. The van der Waals surface area contributed by atoms with E-state index in [0.717, 1.165) is 0 Å². The van der Waals surface area contributed by atoms with Crippen LogP contribution in [0.1, 0.15) is 0 Å². The first kappa shape index (κ1) is 15.9. The number of anilines is 1. The average Bonchev–Trinajstić information content (AvgIpc) is 2.40. The van der Waals surface area contributed by atoms with Crippen LogP contribution in [0.2, 0.25) is 5.28 Å². The quantitative estimate of drug-likeness (QED) is 0.503. The predicted octanol–water partition coefficient (Wildman–Crippen LogP) is 0.771. The Morgan fingerprint density at radius 2 is 1.74 bits per heavy atom. The fourth-order valence-corrected chi connectivity index (χ4v) is 1.26. The maximum atomic E-state index is 5.62. The van der Waals surface area contributed by atoms with Crippen LogP contribution in [0.4, 0.5) is 5.69 Å². The number of nitrogens with zero attached hydrogens (tertiary/aromatic N) is 2. The summed E-state index contributed by atoms with van der Waals surface area (Å²) in [4.78, 5) is 7.58. The van der Waals surface area contributed by atoms with E-state index in [2.05, 4.69) is 9.97 Å². The Hall–Kier alpha value is -1.15. The van der Waals surface area contributed by atoms with Crippen LogP contribution in [0.3, 0.4) is 0 Å². The summed E-state index contributed by atoms with van der Waals surface area (Å²) < 4.78 is 20.7. The van der Waals surface area contributed by atoms with E-state index in [1.165, 1.54) is 6.20 Å². The van der Waals surface area contributed by atoms with Gasteiger partial charge in [0.25, 0.3) is 0 Å². The van der Waals surface area contributed by atoms with Gasteiger partial charge in [0.15, 0.2) is 0 Å². The molecule has 19 heavy (non-hydrogen) atoms. The molecular weight excluding hydrogens is 274 g/mol. The SMILES string of the molecule is COCCOCCOCCOc1nc(Cl)ncc1N. The molecule has 0 saturated carbocycles. The topological polar surface area (TPSA) is 88.7 Å². The molecule has 0 aliphatic rings. The lowest BCUT2D eigenvalue weighted by Crippen LogP contribution is -2.13. The molecule has 0 amide bonds. The highest BCUT2D eigenvalue weighted by molar-refractivity contribution is 6.28. The first-order valence-corrected chi connectivity index (χ1v) is 6.17. The average molecular weight is 292 g/mol. The van der Waals surface area contributed by atoms with Gasteiger partial charge in [-0.25, -0.2) is 4.98 Å². The van der Waals surface area contributed by atoms with E-state index >= 15 is 0 Å². The van der Waals surface area contributed by atoms with Crippen LogP contribution in [0.5, 0.6) is 5.88 Å². The van der Waals surface area contributed by atoms with E-state index in [-0.39, 0.29) is 11.2 Å². The van der Waals surface area contributed by atoms with Gasteiger partial charge in [0.05, 0.1) is 39.2 Å². The zero-order valence-corrected chi connectivity index (χ0v) is 11.6. The summed E-state index contributed by atoms with van der Waals surface area (Å²) in [6.45, 7) is 2.89. The summed E-state index contributed by atoms with van der Waals surface area (Å²) in [5.41, 5.74) is 5.96. The van der Waals surface area contributed by atoms with Gasteiger partial charge in [-0.1, -0.05) is 0 Å². The number of nitrogens with two attached hydrogens (primary N) is 1. The van der Waals surface area contributed by atoms with Crippen molar-refractivity contribution in [3.63, 3.8) is 0 Å². The van der Waals surface area contributed by atoms with Crippen LogP contribution in [-0.4, -0.2) is 56.7 Å². The van der Waals surface area contributed by atoms with Crippen LogP contribution < -0.4 is 10.5 Å². The highest BCUT2D eigenvalue weighted by Gasteiger charge is 2.03. The molecule has 0 unspecified atom stereocenters. The van der Waals surface area contributed by atoms with Crippen LogP contribution in [0, 0.1) is 0 Å². The molecule has 0 bridgehead atoms. The first-order valence-electron chi connectivity index (χ1n) is 5.79. The van der Waals surface area contributed by atoms with Gasteiger partial charge in [0, 0.05) is 7.11 Å². The first-order chi connectivity index (χ1) is 9.24. The van der Waals surface area contributed by atoms with Crippen LogP contribution >= 0.6 is 11.6 Å². The molecule has 1 aromatic rings. The van der Waals surface area contributed by atoms with E-state index in [0.29, 0.717) is 45.3 Å². The second-order valence-electron chi connectivity index (χ2n) is 3.47. The molecule has 2 N–H and O–H groups in total. The third-order valence-electron chi connectivity index (χ3n) is 2.02. The molecule has 0 saturated heterocycles. The maximum Gasteiger partial charge on any atom is 0.241 e. The second-order valence-corrected chi connectivity index (χ2v) is 3.80. The molecule has 0 fully saturated rings. The molecule has 8 heteroatoms. The third kappa shape index (κ3) is 7.12. The van der Waals surface area contributed by atoms with Crippen molar-refractivity contribution in [2.75, 3.05) is 52.5 Å². The number of hydrogen-bond acceptors (Lipinski definition) is 7. The van der Waals surface area contributed by atoms with Gasteiger partial charge in [0.1, 0.15) is 12.3 Å². The van der Waals surface area contributed by atoms with Crippen molar-refractivity contribution in [1.29, 1.82) is 0 Å². The monoisotopic (exact) mass is 291 g/mol. The number of methoxy groups -OCH3 is 1. The van der Waals surface area contributed by atoms with Crippen molar-refractivity contribution in [3.8, 4) is 5.88 Å². The predicted molar refractivity (Wildman–Crippen MR) is 70.5 cm³/mol. The maximum absolute atomic E-state index is 5.62. The zero-order chi connectivity index (χ0) is 13.9. The molecule has 0 spiro atoms. The van der Waals surface area contributed by atoms with Gasteiger partial charge < -0.3 is 24.7 Å². The molecule has 0 aliphatic carbocycles. The summed E-state index contributed by atoms with van der Waals surface area (Å²) in [6, 6.07) is 0. The number of ether oxygens (including phenoxy) is 4. The summed E-state index contributed by atoms with van der Waals surface area (Å²) in [7, 11) is 1.63. The fourth-order valence-electron chi connectivity index (χ4n) is 1.13. The van der Waals surface area contributed by atoms with Gasteiger partial charge in [-0.05, 0) is 11.6 Å². The Labute approximate surface area is 117 Å². The molecule has 108 valence electrons. The van der Waals surface area contributed by atoms with Crippen molar-refractivity contribution >= 4 is 17.3 Å². The Kier molecular flexibility index (Phi) is 8.15. The lowest BCUT2D eigenvalue weighted by molar-refractivity contribution is 0.0177. The van der Waals surface area contributed by atoms with Crippen LogP contribution in [-0.2, 0) is 14.2 Å². The summed E-state index contributed by atoms with van der Waals surface area (Å²) >= 11 is 5.62. The highest BCUT2D eigenvalue weighted by atomic mass is 35.5. The van der Waals surface area contributed by atoms with Gasteiger partial charge in [0.2, 0.25) is 11.2 Å². The Balaban J connectivity index is 2.03. The molecule has 1 rings (SSSR count). The highest BCUT2D eigenvalue weighted by Crippen LogP contribution is 2.18. The summed E-state index contributed by atoms with van der Waals surface area (Å²) in [5.74, 6) is 0.264. The van der Waals surface area contributed by atoms with Crippen molar-refractivity contribution in [2.24, 2.45) is 0 Å². The summed E-state index contributed by atoms with van der Waals surface area (Å²) in [5, 5.41) is 0.0941. The minimum atomic E-state index is 0.0941. The minimum absolute atomic E-state index is 0.0941. The molecule has 0 aliphatic heterocycles. The van der Waals surface area contributed by atoms with Crippen molar-refractivity contribution < 1.29 is 18.9 Å². The molecule has 0 aromatic carbocycles. The smallest absolute Gasteiger partial charge is 0.241 e. The van der Waals surface area contributed by atoms with Gasteiger partial charge in [-0.15, -0.1) is 0 Å². The van der Waals surface area contributed by atoms with E-state index in [1.807, 2.05) is 0 Å². The van der Waals surface area contributed by atoms with Gasteiger partial charge in [-0.3, -0.25) is 0 Å². The second kappa shape index (κ2) is 9.74. The summed E-state index contributed by atoms with van der Waals surface area (Å²) in [6.07, 6.45) is 1.40. The van der Waals surface area contributed by atoms with E-state index < -0.39 is 0 Å². The van der Waals surface area contributed by atoms with Gasteiger partial charge in [-0.2, -0.15) is 4.98 Å². The largest absolute Gasteiger partial charge is 0.474 e. The van der Waals surface area contributed by atoms with Crippen molar-refractivity contribution in [2.45, 2.75) is 0 Å². The van der Waals surface area contributed by atoms with E-state index in [1.54, 1.807) is 7.11 Å². The Morgan fingerprint density at radius 1 is 1.11 bits per heavy atom. The van der Waals surface area contributed by atoms with E-state index in [4.69, 9.17) is 36.3 Å². The number of nitrogen functional groups attached to an aromatic ring is 1. The normalized spacial score (nSPS) is 10.6. The molecule has 0 radical (unpaired) electrons. The number of aromatic nitrogens is 2. The lowest BCUT2D eigenvalue weighted by atomic mass is 10.5. The number of halogens is 1. The molecule has 1 aromatic heterocycles. The molecule has 7 nitrogen and oxygen atoms in total. The standard InChI is InChI=1S/C11H18ClN3O4/c1-16-2-3-17-4-5-18-6-7-19-10-9(13)8-14-11(12)15-10/h8H,2-7,13H2,1H3. The lowest BCUT2D eigenvalue weighted by Gasteiger charge is -2.08. The number of rotatable bonds is 10. The number of hydrogen-bond donors (Lipinski definition) is 1. The zero-order valence-electron chi connectivity index (χ0n) is 10.8. The minimum Gasteiger partial charge on any atom is -0.474 e. The fraction of sp³-hybridized carbons (Fsp3) is 0.636. The molecule has 1 heterocycles. The van der Waals surface area contributed by atoms with Crippen molar-refractivity contribution in [1.82, 2.24) is 9.97 Å². The van der Waals surface area contributed by atoms with E-state index in [9.17, 15) is 0 Å². The van der Waals surface area contributed by atoms with Crippen LogP contribution in [0.15, 0.2) is 6.20 Å². The molecular formula is C11H18ClN3O4. The van der Waals surface area contributed by atoms with Crippen molar-refractivity contribution in [3.05, 3.63) is 11.5 Å². The Morgan fingerprint density at radius 3 is 2.42 bits per heavy atom.